The van der Waals surface area contributed by atoms with Crippen LogP contribution in [0.1, 0.15) is 43.2 Å². The van der Waals surface area contributed by atoms with Gasteiger partial charge in [0, 0.05) is 10.8 Å². The minimum absolute atomic E-state index is 0.427. The van der Waals surface area contributed by atoms with E-state index in [0.717, 1.165) is 5.92 Å². The summed E-state index contributed by atoms with van der Waals surface area (Å²) in [6, 6.07) is 9.32. The summed E-state index contributed by atoms with van der Waals surface area (Å²) in [5, 5.41) is 0. The lowest BCUT2D eigenvalue weighted by molar-refractivity contribution is 0.513. The molecule has 2 unspecified atom stereocenters. The molecule has 2 saturated carbocycles. The van der Waals surface area contributed by atoms with Gasteiger partial charge in [-0.2, -0.15) is 0 Å². The molecule has 0 nitrogen and oxygen atoms in total. The molecule has 4 aliphatic carbocycles. The smallest absolute Gasteiger partial charge is 0.0246 e. The summed E-state index contributed by atoms with van der Waals surface area (Å²) in [4.78, 5) is 0. The quantitative estimate of drug-likeness (QED) is 0.629. The molecule has 0 bridgehead atoms. The molecular weight excluding hydrogens is 216 g/mol. The number of rotatable bonds is 0. The first kappa shape index (κ1) is 9.61. The van der Waals surface area contributed by atoms with Crippen molar-refractivity contribution >= 4 is 0 Å². The standard InChI is InChI=1S/C18H18/c1-2-8-15-14(7-1)17(10-3-4-11-17)16-9-5-6-13-12-18(13,15)16/h1-2,5-9,13H,3-4,10-12H2. The molecule has 0 saturated heterocycles. The second-order valence-electron chi connectivity index (χ2n) is 6.58. The average molecular weight is 234 g/mol. The van der Waals surface area contributed by atoms with Crippen molar-refractivity contribution in [3.05, 3.63) is 59.2 Å². The Labute approximate surface area is 108 Å². The van der Waals surface area contributed by atoms with Crippen LogP contribution in [0.5, 0.6) is 0 Å². The van der Waals surface area contributed by atoms with Crippen molar-refractivity contribution in [1.29, 1.82) is 0 Å². The van der Waals surface area contributed by atoms with E-state index in [2.05, 4.69) is 42.5 Å². The van der Waals surface area contributed by atoms with Gasteiger partial charge in [0.2, 0.25) is 0 Å². The molecule has 0 heterocycles. The monoisotopic (exact) mass is 234 g/mol. The van der Waals surface area contributed by atoms with Crippen LogP contribution in [0.3, 0.4) is 0 Å². The van der Waals surface area contributed by atoms with Crippen LogP contribution in [-0.2, 0) is 10.8 Å². The highest BCUT2D eigenvalue weighted by Gasteiger charge is 2.67. The van der Waals surface area contributed by atoms with E-state index in [1.807, 2.05) is 0 Å². The second-order valence-corrected chi connectivity index (χ2v) is 6.58. The highest BCUT2D eigenvalue weighted by Crippen LogP contribution is 2.73. The molecule has 0 heteroatoms. The Balaban J connectivity index is 1.86. The van der Waals surface area contributed by atoms with Crippen molar-refractivity contribution in [1.82, 2.24) is 0 Å². The Hall–Kier alpha value is -1.30. The predicted molar refractivity (Wildman–Crippen MR) is 73.6 cm³/mol. The number of benzene rings is 1. The van der Waals surface area contributed by atoms with Crippen molar-refractivity contribution in [2.24, 2.45) is 5.92 Å². The van der Waals surface area contributed by atoms with Crippen LogP contribution >= 0.6 is 0 Å². The lowest BCUT2D eigenvalue weighted by atomic mass is 9.73. The summed E-state index contributed by atoms with van der Waals surface area (Å²) < 4.78 is 0. The van der Waals surface area contributed by atoms with Gasteiger partial charge in [-0.25, -0.2) is 0 Å². The average Bonchev–Trinajstić information content (AvgIpc) is 2.89. The maximum Gasteiger partial charge on any atom is 0.0246 e. The summed E-state index contributed by atoms with van der Waals surface area (Å²) in [7, 11) is 0. The zero-order valence-electron chi connectivity index (χ0n) is 10.7. The third-order valence-electron chi connectivity index (χ3n) is 6.00. The first-order valence-electron chi connectivity index (χ1n) is 7.37. The molecule has 2 atom stereocenters. The van der Waals surface area contributed by atoms with Crippen LogP contribution < -0.4 is 0 Å². The Kier molecular flexibility index (Phi) is 1.50. The summed E-state index contributed by atoms with van der Waals surface area (Å²) in [5.74, 6) is 0.804. The van der Waals surface area contributed by atoms with Crippen molar-refractivity contribution in [2.45, 2.75) is 42.9 Å². The molecule has 1 aromatic rings. The first-order valence-corrected chi connectivity index (χ1v) is 7.37. The van der Waals surface area contributed by atoms with E-state index >= 15 is 0 Å². The molecule has 4 aliphatic rings. The SMILES string of the molecule is C1=CC2CC23C(=C1)C1(CCCC1)c1ccccc13. The molecule has 5 rings (SSSR count). The highest BCUT2D eigenvalue weighted by atomic mass is 14.7. The summed E-state index contributed by atoms with van der Waals surface area (Å²) >= 11 is 0. The van der Waals surface area contributed by atoms with E-state index < -0.39 is 0 Å². The Morgan fingerprint density at radius 2 is 1.78 bits per heavy atom. The van der Waals surface area contributed by atoms with Crippen molar-refractivity contribution in [2.75, 3.05) is 0 Å². The normalized spacial score (nSPS) is 37.1. The first-order chi connectivity index (χ1) is 8.88. The predicted octanol–water partition coefficient (Wildman–Crippen LogP) is 4.27. The summed E-state index contributed by atoms with van der Waals surface area (Å²) in [6.45, 7) is 0. The molecule has 2 fully saturated rings. The second kappa shape index (κ2) is 2.82. The molecule has 0 N–H and O–H groups in total. The largest absolute Gasteiger partial charge is 0.0802 e. The maximum atomic E-state index is 2.47. The molecular formula is C18H18. The van der Waals surface area contributed by atoms with Crippen LogP contribution in [0.25, 0.3) is 0 Å². The van der Waals surface area contributed by atoms with E-state index in [1.165, 1.54) is 32.1 Å². The van der Waals surface area contributed by atoms with E-state index in [9.17, 15) is 0 Å². The van der Waals surface area contributed by atoms with Crippen LogP contribution in [0.2, 0.25) is 0 Å². The number of hydrogen-bond donors (Lipinski definition) is 0. The fourth-order valence-electron chi connectivity index (χ4n) is 5.26. The molecule has 1 aromatic carbocycles. The molecule has 90 valence electrons. The van der Waals surface area contributed by atoms with Crippen molar-refractivity contribution < 1.29 is 0 Å². The van der Waals surface area contributed by atoms with Crippen LogP contribution in [-0.4, -0.2) is 0 Å². The number of fused-ring (bicyclic) bond motifs is 3. The maximum absolute atomic E-state index is 2.47. The third kappa shape index (κ3) is 0.829. The van der Waals surface area contributed by atoms with Crippen LogP contribution in [0.4, 0.5) is 0 Å². The van der Waals surface area contributed by atoms with Gasteiger partial charge >= 0.3 is 0 Å². The van der Waals surface area contributed by atoms with Gasteiger partial charge in [0.1, 0.15) is 0 Å². The fraction of sp³-hybridized carbons (Fsp3) is 0.444. The van der Waals surface area contributed by atoms with Crippen molar-refractivity contribution in [3.8, 4) is 0 Å². The van der Waals surface area contributed by atoms with Crippen LogP contribution in [0, 0.1) is 5.92 Å². The molecule has 18 heavy (non-hydrogen) atoms. The third-order valence-corrected chi connectivity index (χ3v) is 6.00. The van der Waals surface area contributed by atoms with E-state index in [0.29, 0.717) is 10.8 Å². The lowest BCUT2D eigenvalue weighted by Gasteiger charge is -2.29. The molecule has 0 radical (unpaired) electrons. The van der Waals surface area contributed by atoms with Gasteiger partial charge in [-0.15, -0.1) is 0 Å². The minimum Gasteiger partial charge on any atom is -0.0802 e. The molecule has 2 spiro atoms. The van der Waals surface area contributed by atoms with Gasteiger partial charge in [0.05, 0.1) is 0 Å². The zero-order valence-corrected chi connectivity index (χ0v) is 10.7. The molecule has 0 amide bonds. The Morgan fingerprint density at radius 3 is 2.61 bits per heavy atom. The summed E-state index contributed by atoms with van der Waals surface area (Å²) in [5.41, 5.74) is 6.00. The van der Waals surface area contributed by atoms with Gasteiger partial charge in [-0.05, 0) is 41.9 Å². The minimum atomic E-state index is 0.427. The van der Waals surface area contributed by atoms with Gasteiger partial charge in [-0.1, -0.05) is 55.3 Å². The van der Waals surface area contributed by atoms with Crippen molar-refractivity contribution in [3.63, 3.8) is 0 Å². The van der Waals surface area contributed by atoms with Gasteiger partial charge in [-0.3, -0.25) is 0 Å². The lowest BCUT2D eigenvalue weighted by Crippen LogP contribution is -2.24. The van der Waals surface area contributed by atoms with Gasteiger partial charge in [0.15, 0.2) is 0 Å². The van der Waals surface area contributed by atoms with E-state index in [1.54, 1.807) is 16.7 Å². The number of hydrogen-bond acceptors (Lipinski definition) is 0. The van der Waals surface area contributed by atoms with Gasteiger partial charge in [0.25, 0.3) is 0 Å². The zero-order chi connectivity index (χ0) is 11.8. The topological polar surface area (TPSA) is 0 Å². The van der Waals surface area contributed by atoms with Gasteiger partial charge < -0.3 is 0 Å². The van der Waals surface area contributed by atoms with Crippen LogP contribution in [0.15, 0.2) is 48.1 Å². The Morgan fingerprint density at radius 1 is 1.00 bits per heavy atom. The Bertz CT molecular complexity index is 598. The van der Waals surface area contributed by atoms with E-state index in [4.69, 9.17) is 0 Å². The molecule has 0 aromatic heterocycles. The molecule has 0 aliphatic heterocycles. The summed E-state index contributed by atoms with van der Waals surface area (Å²) in [6.07, 6.45) is 14.2. The fourth-order valence-corrected chi connectivity index (χ4v) is 5.26. The van der Waals surface area contributed by atoms with E-state index in [-0.39, 0.29) is 0 Å². The number of allylic oxidation sites excluding steroid dienone is 4. The highest BCUT2D eigenvalue weighted by molar-refractivity contribution is 5.67.